The number of ether oxygens (including phenoxy) is 1. The second kappa shape index (κ2) is 7.32. The van der Waals surface area contributed by atoms with Crippen molar-refractivity contribution in [2.45, 2.75) is 20.0 Å². The van der Waals surface area contributed by atoms with Crippen molar-refractivity contribution in [1.82, 2.24) is 10.3 Å². The quantitative estimate of drug-likeness (QED) is 0.617. The number of amides is 1. The Labute approximate surface area is 122 Å². The van der Waals surface area contributed by atoms with Crippen LogP contribution in [0.4, 0.5) is 13.2 Å². The van der Waals surface area contributed by atoms with Crippen molar-refractivity contribution >= 4 is 29.1 Å². The van der Waals surface area contributed by atoms with Crippen molar-refractivity contribution in [3.63, 3.8) is 0 Å². The second-order valence-corrected chi connectivity index (χ2v) is 4.71. The van der Waals surface area contributed by atoms with Crippen LogP contribution >= 0.6 is 11.3 Å². The van der Waals surface area contributed by atoms with Crippen molar-refractivity contribution in [2.24, 2.45) is 0 Å². The average Bonchev–Trinajstić information content (AvgIpc) is 2.90. The Bertz CT molecular complexity index is 552. The Kier molecular flexibility index (Phi) is 6.03. The smallest absolute Gasteiger partial charge is 0.374 e. The van der Waals surface area contributed by atoms with Gasteiger partial charge in [-0.25, -0.2) is 4.98 Å². The molecular weight excluding hydrogens is 309 g/mol. The summed E-state index contributed by atoms with van der Waals surface area (Å²) in [6.07, 6.45) is -4.35. The van der Waals surface area contributed by atoms with E-state index in [1.807, 2.05) is 0 Å². The lowest BCUT2D eigenvalue weighted by Crippen LogP contribution is -2.24. The van der Waals surface area contributed by atoms with Crippen LogP contribution in [0.15, 0.2) is 11.2 Å². The highest BCUT2D eigenvalue weighted by Crippen LogP contribution is 2.37. The fourth-order valence-electron chi connectivity index (χ4n) is 1.56. The molecule has 0 saturated carbocycles. The second-order valence-electron chi connectivity index (χ2n) is 3.85. The van der Waals surface area contributed by atoms with E-state index in [2.05, 4.69) is 10.3 Å². The topological polar surface area (TPSA) is 68.3 Å². The van der Waals surface area contributed by atoms with Crippen molar-refractivity contribution in [3.05, 3.63) is 21.8 Å². The van der Waals surface area contributed by atoms with Gasteiger partial charge in [0.05, 0.1) is 16.9 Å². The number of nitrogens with zero attached hydrogens (tertiary/aromatic N) is 1. The molecule has 21 heavy (non-hydrogen) atoms. The molecule has 0 unspecified atom stereocenters. The summed E-state index contributed by atoms with van der Waals surface area (Å²) >= 11 is 0.421. The molecule has 0 bridgehead atoms. The average molecular weight is 322 g/mol. The van der Waals surface area contributed by atoms with Crippen LogP contribution in [-0.4, -0.2) is 30.4 Å². The number of nitrogens with one attached hydrogen (secondary N) is 1. The van der Waals surface area contributed by atoms with Crippen molar-refractivity contribution in [3.8, 4) is 0 Å². The molecule has 0 saturated heterocycles. The lowest BCUT2D eigenvalue weighted by atomic mass is 10.1. The molecule has 0 aromatic carbocycles. The number of Topliss-reactive ketones (excluding diaryl/α,β-unsaturated/α-hetero) is 1. The van der Waals surface area contributed by atoms with Gasteiger partial charge in [-0.05, 0) is 13.8 Å². The Morgan fingerprint density at radius 1 is 1.52 bits per heavy atom. The molecular formula is C12H13F3N2O3S. The van der Waals surface area contributed by atoms with Crippen molar-refractivity contribution < 1.29 is 27.5 Å². The standard InChI is InChI=1S/C12H13F3N2O3S/c1-3-20-4-8(19)9(16-5-18)7(2)10-11(12(13,14)15)21-6-17-10/h5-6H,3-4H2,1-2H3,(H,16,18)/b9-7+. The van der Waals surface area contributed by atoms with E-state index >= 15 is 0 Å². The number of ketones is 1. The molecule has 9 heteroatoms. The van der Waals surface area contributed by atoms with Gasteiger partial charge in [-0.1, -0.05) is 0 Å². The first-order valence-electron chi connectivity index (χ1n) is 5.86. The third kappa shape index (κ3) is 4.36. The van der Waals surface area contributed by atoms with Gasteiger partial charge in [-0.15, -0.1) is 11.3 Å². The molecule has 0 spiro atoms. The number of halogens is 3. The number of carbonyl (C=O) groups excluding carboxylic acids is 2. The largest absolute Gasteiger partial charge is 0.427 e. The van der Waals surface area contributed by atoms with Gasteiger partial charge >= 0.3 is 6.18 Å². The van der Waals surface area contributed by atoms with Crippen LogP contribution in [0.25, 0.3) is 5.57 Å². The predicted molar refractivity (Wildman–Crippen MR) is 70.4 cm³/mol. The summed E-state index contributed by atoms with van der Waals surface area (Å²) in [5.41, 5.74) is 0.352. The molecule has 0 atom stereocenters. The van der Waals surface area contributed by atoms with Gasteiger partial charge in [0.1, 0.15) is 11.5 Å². The first-order valence-corrected chi connectivity index (χ1v) is 6.73. The summed E-state index contributed by atoms with van der Waals surface area (Å²) in [6.45, 7) is 2.89. The summed E-state index contributed by atoms with van der Waals surface area (Å²) in [7, 11) is 0. The fourth-order valence-corrected chi connectivity index (χ4v) is 2.27. The van der Waals surface area contributed by atoms with Gasteiger partial charge in [0.25, 0.3) is 0 Å². The Morgan fingerprint density at radius 2 is 2.19 bits per heavy atom. The maximum atomic E-state index is 12.8. The van der Waals surface area contributed by atoms with Gasteiger partial charge in [0, 0.05) is 12.2 Å². The Morgan fingerprint density at radius 3 is 2.71 bits per heavy atom. The maximum absolute atomic E-state index is 12.8. The highest BCUT2D eigenvalue weighted by atomic mass is 32.1. The van der Waals surface area contributed by atoms with E-state index in [4.69, 9.17) is 4.74 Å². The summed E-state index contributed by atoms with van der Waals surface area (Å²) in [5.74, 6) is -0.623. The van der Waals surface area contributed by atoms with E-state index in [9.17, 15) is 22.8 Å². The number of hydrogen-bond acceptors (Lipinski definition) is 5. The molecule has 0 aliphatic rings. The number of carbonyl (C=O) groups is 2. The molecule has 1 N–H and O–H groups in total. The number of thiazole rings is 1. The van der Waals surface area contributed by atoms with E-state index in [1.165, 1.54) is 6.92 Å². The van der Waals surface area contributed by atoms with Gasteiger partial charge in [0.2, 0.25) is 12.2 Å². The third-order valence-electron chi connectivity index (χ3n) is 2.47. The van der Waals surface area contributed by atoms with Crippen LogP contribution in [0.5, 0.6) is 0 Å². The zero-order valence-corrected chi connectivity index (χ0v) is 12.1. The van der Waals surface area contributed by atoms with Crippen LogP contribution < -0.4 is 5.32 Å². The molecule has 1 aromatic rings. The van der Waals surface area contributed by atoms with E-state index in [-0.39, 0.29) is 36.6 Å². The first kappa shape index (κ1) is 17.3. The molecule has 116 valence electrons. The Hall–Kier alpha value is -1.74. The number of hydrogen-bond donors (Lipinski definition) is 1. The lowest BCUT2D eigenvalue weighted by molar-refractivity contribution is -0.134. The van der Waals surface area contributed by atoms with Crippen LogP contribution in [0.1, 0.15) is 24.4 Å². The third-order valence-corrected chi connectivity index (χ3v) is 3.35. The summed E-state index contributed by atoms with van der Waals surface area (Å²) < 4.78 is 43.4. The van der Waals surface area contributed by atoms with Gasteiger partial charge < -0.3 is 10.1 Å². The highest BCUT2D eigenvalue weighted by molar-refractivity contribution is 7.10. The molecule has 0 aliphatic heterocycles. The number of rotatable bonds is 7. The minimum Gasteiger partial charge on any atom is -0.374 e. The van der Waals surface area contributed by atoms with E-state index in [0.717, 1.165) is 5.51 Å². The number of alkyl halides is 3. The van der Waals surface area contributed by atoms with Crippen molar-refractivity contribution in [1.29, 1.82) is 0 Å². The van der Waals surface area contributed by atoms with Gasteiger partial charge in [-0.3, -0.25) is 9.59 Å². The molecule has 0 radical (unpaired) electrons. The number of allylic oxidation sites excluding steroid dienone is 1. The molecule has 0 fully saturated rings. The zero-order valence-electron chi connectivity index (χ0n) is 11.3. The maximum Gasteiger partial charge on any atom is 0.427 e. The normalized spacial score (nSPS) is 12.8. The molecule has 1 amide bonds. The summed E-state index contributed by atoms with van der Waals surface area (Å²) in [4.78, 5) is 25.2. The summed E-state index contributed by atoms with van der Waals surface area (Å²) in [5, 5.41) is 2.12. The Balaban J connectivity index is 3.25. The van der Waals surface area contributed by atoms with Crippen LogP contribution in [-0.2, 0) is 20.5 Å². The first-order chi connectivity index (χ1) is 9.82. The number of aromatic nitrogens is 1. The molecule has 1 heterocycles. The van der Waals surface area contributed by atoms with Gasteiger partial charge in [0.15, 0.2) is 0 Å². The molecule has 1 aromatic heterocycles. The molecule has 5 nitrogen and oxygen atoms in total. The SMILES string of the molecule is CCOCC(=O)/C(NC=O)=C(/C)c1ncsc1C(F)(F)F. The summed E-state index contributed by atoms with van der Waals surface area (Å²) in [6, 6.07) is 0. The van der Waals surface area contributed by atoms with E-state index in [0.29, 0.717) is 11.3 Å². The van der Waals surface area contributed by atoms with E-state index < -0.39 is 16.8 Å². The van der Waals surface area contributed by atoms with Crippen LogP contribution in [0.3, 0.4) is 0 Å². The molecule has 1 rings (SSSR count). The van der Waals surface area contributed by atoms with E-state index in [1.54, 1.807) is 6.92 Å². The predicted octanol–water partition coefficient (Wildman–Crippen LogP) is 2.24. The lowest BCUT2D eigenvalue weighted by Gasteiger charge is -2.11. The zero-order chi connectivity index (χ0) is 16.0. The fraction of sp³-hybridized carbons (Fsp3) is 0.417. The van der Waals surface area contributed by atoms with Crippen LogP contribution in [0.2, 0.25) is 0 Å². The van der Waals surface area contributed by atoms with Gasteiger partial charge in [-0.2, -0.15) is 13.2 Å². The van der Waals surface area contributed by atoms with Crippen molar-refractivity contribution in [2.75, 3.05) is 13.2 Å². The monoisotopic (exact) mass is 322 g/mol. The minimum absolute atomic E-state index is 0.0552. The molecule has 0 aliphatic carbocycles. The van der Waals surface area contributed by atoms with Crippen LogP contribution in [0, 0.1) is 0 Å². The minimum atomic E-state index is -4.58. The highest BCUT2D eigenvalue weighted by Gasteiger charge is 2.37.